The van der Waals surface area contributed by atoms with Crippen molar-refractivity contribution in [3.05, 3.63) is 31.0 Å². The van der Waals surface area contributed by atoms with Crippen molar-refractivity contribution in [2.24, 2.45) is 0 Å². The van der Waals surface area contributed by atoms with Gasteiger partial charge in [-0.05, 0) is 6.07 Å². The average Bonchev–Trinajstić information content (AvgIpc) is 2.53. The second kappa shape index (κ2) is 2.91. The van der Waals surface area contributed by atoms with Gasteiger partial charge >= 0.3 is 0 Å². The van der Waals surface area contributed by atoms with Crippen LogP contribution >= 0.6 is 11.8 Å². The smallest absolute Gasteiger partial charge is 0.198 e. The van der Waals surface area contributed by atoms with E-state index in [1.54, 1.807) is 24.7 Å². The molecule has 0 N–H and O–H groups in total. The minimum atomic E-state index is 0.593. The quantitative estimate of drug-likeness (QED) is 0.660. The van der Waals surface area contributed by atoms with E-state index in [0.29, 0.717) is 11.5 Å². The van der Waals surface area contributed by atoms with Gasteiger partial charge in [-0.25, -0.2) is 19.0 Å². The molecule has 2 aromatic heterocycles. The van der Waals surface area contributed by atoms with Crippen LogP contribution in [0, 0.1) is 6.33 Å². The van der Waals surface area contributed by atoms with Gasteiger partial charge in [0.2, 0.25) is 0 Å². The monoisotopic (exact) mass is 179 g/mol. The van der Waals surface area contributed by atoms with Gasteiger partial charge in [0, 0.05) is 30.4 Å². The van der Waals surface area contributed by atoms with Crippen LogP contribution in [0.4, 0.5) is 0 Å². The van der Waals surface area contributed by atoms with E-state index in [1.165, 1.54) is 4.09 Å². The van der Waals surface area contributed by atoms with Crippen LogP contribution in [0.3, 0.4) is 0 Å². The summed E-state index contributed by atoms with van der Waals surface area (Å²) < 4.78 is 1.37. The lowest BCUT2D eigenvalue weighted by Gasteiger charge is -1.95. The lowest BCUT2D eigenvalue weighted by atomic mass is 10.4. The zero-order valence-electron chi connectivity index (χ0n) is 5.98. The first-order valence-corrected chi connectivity index (χ1v) is 3.61. The average molecular weight is 180 g/mol. The van der Waals surface area contributed by atoms with E-state index in [9.17, 15) is 0 Å². The largest absolute Gasteiger partial charge is 0.240 e. The van der Waals surface area contributed by atoms with Crippen LogP contribution in [-0.4, -0.2) is 19.0 Å². The fourth-order valence-corrected chi connectivity index (χ4v) is 1.03. The Balaban J connectivity index is 2.51. The molecule has 0 saturated heterocycles. The number of nitrogens with zero attached hydrogens (tertiary/aromatic N) is 4. The van der Waals surface area contributed by atoms with Gasteiger partial charge in [0.15, 0.2) is 12.2 Å². The van der Waals surface area contributed by atoms with E-state index in [0.717, 1.165) is 0 Å². The Hall–Kier alpha value is -1.42. The Bertz CT molecular complexity index is 370. The molecule has 0 aromatic carbocycles. The third-order valence-electron chi connectivity index (χ3n) is 1.36. The van der Waals surface area contributed by atoms with Crippen LogP contribution in [0.5, 0.6) is 0 Å². The molecular weight excluding hydrogens is 176 g/mol. The summed E-state index contributed by atoms with van der Waals surface area (Å²) >= 11 is 5.75. The van der Waals surface area contributed by atoms with Crippen molar-refractivity contribution >= 4 is 11.8 Å². The molecule has 0 unspecified atom stereocenters. The SMILES string of the molecule is Cln1ccnc1-c1ccn[c]n1. The van der Waals surface area contributed by atoms with Crippen molar-refractivity contribution in [3.63, 3.8) is 0 Å². The van der Waals surface area contributed by atoms with E-state index < -0.39 is 0 Å². The Morgan fingerprint density at radius 2 is 2.33 bits per heavy atom. The summed E-state index contributed by atoms with van der Waals surface area (Å²) in [5.41, 5.74) is 0.657. The fourth-order valence-electron chi connectivity index (χ4n) is 0.850. The van der Waals surface area contributed by atoms with E-state index in [1.807, 2.05) is 0 Å². The normalized spacial score (nSPS) is 10.1. The Kier molecular flexibility index (Phi) is 1.75. The second-order valence-electron chi connectivity index (χ2n) is 2.10. The Morgan fingerprint density at radius 3 is 2.92 bits per heavy atom. The van der Waals surface area contributed by atoms with Gasteiger partial charge in [-0.2, -0.15) is 0 Å². The standard InChI is InChI=1S/C7H4ClN4/c8-12-4-3-10-7(12)6-1-2-9-5-11-6/h1-4H. The first-order valence-electron chi connectivity index (χ1n) is 3.27. The Labute approximate surface area is 74.0 Å². The highest BCUT2D eigenvalue weighted by Crippen LogP contribution is 2.13. The van der Waals surface area contributed by atoms with E-state index in [-0.39, 0.29) is 0 Å². The summed E-state index contributed by atoms with van der Waals surface area (Å²) in [5.74, 6) is 0.593. The van der Waals surface area contributed by atoms with Crippen molar-refractivity contribution in [1.29, 1.82) is 0 Å². The summed E-state index contributed by atoms with van der Waals surface area (Å²) in [5, 5.41) is 0. The number of aromatic nitrogens is 4. The zero-order chi connectivity index (χ0) is 8.39. The predicted octanol–water partition coefficient (Wildman–Crippen LogP) is 1.14. The first kappa shape index (κ1) is 7.24. The van der Waals surface area contributed by atoms with Crippen LogP contribution in [0.2, 0.25) is 0 Å². The number of hydrogen-bond acceptors (Lipinski definition) is 3. The van der Waals surface area contributed by atoms with E-state index >= 15 is 0 Å². The maximum Gasteiger partial charge on any atom is 0.198 e. The summed E-state index contributed by atoms with van der Waals surface area (Å²) in [4.78, 5) is 11.6. The van der Waals surface area contributed by atoms with Gasteiger partial charge in [0.05, 0.1) is 0 Å². The van der Waals surface area contributed by atoms with Gasteiger partial charge in [-0.1, -0.05) is 0 Å². The molecule has 0 aliphatic carbocycles. The highest BCUT2D eigenvalue weighted by atomic mass is 35.5. The first-order chi connectivity index (χ1) is 5.88. The van der Waals surface area contributed by atoms with Gasteiger partial charge in [-0.15, -0.1) is 0 Å². The van der Waals surface area contributed by atoms with E-state index in [2.05, 4.69) is 21.3 Å². The van der Waals surface area contributed by atoms with Gasteiger partial charge in [-0.3, -0.25) is 0 Å². The molecule has 0 aliphatic rings. The molecule has 5 heteroatoms. The van der Waals surface area contributed by atoms with Crippen LogP contribution in [0.15, 0.2) is 24.7 Å². The third-order valence-corrected chi connectivity index (χ3v) is 1.63. The maximum atomic E-state index is 5.75. The minimum absolute atomic E-state index is 0.593. The molecule has 2 rings (SSSR count). The van der Waals surface area contributed by atoms with Crippen molar-refractivity contribution in [2.75, 3.05) is 0 Å². The summed E-state index contributed by atoms with van der Waals surface area (Å²) in [7, 11) is 0. The van der Waals surface area contributed by atoms with Gasteiger partial charge < -0.3 is 0 Å². The van der Waals surface area contributed by atoms with E-state index in [4.69, 9.17) is 11.8 Å². The fraction of sp³-hybridized carbons (Fsp3) is 0. The van der Waals surface area contributed by atoms with Crippen LogP contribution < -0.4 is 0 Å². The van der Waals surface area contributed by atoms with Gasteiger partial charge in [0.25, 0.3) is 0 Å². The van der Waals surface area contributed by atoms with Crippen molar-refractivity contribution in [1.82, 2.24) is 19.0 Å². The molecule has 59 valence electrons. The Morgan fingerprint density at radius 1 is 1.42 bits per heavy atom. The summed E-state index contributed by atoms with van der Waals surface area (Å²) in [6.45, 7) is 0. The molecule has 2 aromatic rings. The molecule has 12 heavy (non-hydrogen) atoms. The molecule has 0 aliphatic heterocycles. The molecule has 0 bridgehead atoms. The molecule has 0 saturated carbocycles. The highest BCUT2D eigenvalue weighted by Gasteiger charge is 2.03. The van der Waals surface area contributed by atoms with Crippen LogP contribution in [0.25, 0.3) is 11.5 Å². The van der Waals surface area contributed by atoms with Gasteiger partial charge in [0.1, 0.15) is 5.69 Å². The molecular formula is C7H4ClN4. The lowest BCUT2D eigenvalue weighted by molar-refractivity contribution is 1.11. The number of rotatable bonds is 1. The zero-order valence-corrected chi connectivity index (χ0v) is 6.73. The number of imidazole rings is 1. The van der Waals surface area contributed by atoms with Crippen molar-refractivity contribution in [3.8, 4) is 11.5 Å². The molecule has 2 heterocycles. The highest BCUT2D eigenvalue weighted by molar-refractivity contribution is 6.16. The molecule has 0 amide bonds. The molecule has 4 nitrogen and oxygen atoms in total. The summed E-state index contributed by atoms with van der Waals surface area (Å²) in [6, 6.07) is 1.72. The maximum absolute atomic E-state index is 5.75. The second-order valence-corrected chi connectivity index (χ2v) is 2.47. The minimum Gasteiger partial charge on any atom is -0.240 e. The molecule has 0 fully saturated rings. The lowest BCUT2D eigenvalue weighted by Crippen LogP contribution is -1.89. The summed E-state index contributed by atoms with van der Waals surface area (Å²) in [6.07, 6.45) is 7.30. The van der Waals surface area contributed by atoms with Crippen LogP contribution in [0.1, 0.15) is 0 Å². The third kappa shape index (κ3) is 1.16. The molecule has 1 radical (unpaired) electrons. The molecule has 0 atom stereocenters. The molecule has 0 spiro atoms. The predicted molar refractivity (Wildman–Crippen MR) is 43.3 cm³/mol. The number of halogens is 1. The van der Waals surface area contributed by atoms with Crippen molar-refractivity contribution in [2.45, 2.75) is 0 Å². The van der Waals surface area contributed by atoms with Crippen LogP contribution in [-0.2, 0) is 0 Å². The van der Waals surface area contributed by atoms with Crippen molar-refractivity contribution < 1.29 is 0 Å². The topological polar surface area (TPSA) is 43.6 Å². The number of hydrogen-bond donors (Lipinski definition) is 0.